The van der Waals surface area contributed by atoms with Crippen molar-refractivity contribution in [3.05, 3.63) is 89.7 Å². The molecule has 0 bridgehead atoms. The molecular weight excluding hydrogens is 414 g/mol. The smallest absolute Gasteiger partial charge is 0.319 e. The highest BCUT2D eigenvalue weighted by atomic mass is 16.2. The van der Waals surface area contributed by atoms with Crippen molar-refractivity contribution in [1.29, 1.82) is 0 Å². The first-order valence-corrected chi connectivity index (χ1v) is 10.9. The number of imidazole rings is 1. The molecule has 0 aliphatic rings. The minimum absolute atomic E-state index is 0.0648. The number of anilines is 1. The van der Waals surface area contributed by atoms with Crippen LogP contribution < -0.4 is 16.0 Å². The molecule has 0 spiro atoms. The number of amides is 3. The number of nitrogens with one attached hydrogen (secondary N) is 3. The van der Waals surface area contributed by atoms with Gasteiger partial charge in [-0.3, -0.25) is 9.36 Å². The average molecular weight is 442 g/mol. The molecule has 0 fully saturated rings. The molecule has 3 N–H and O–H groups in total. The van der Waals surface area contributed by atoms with Crippen LogP contribution in [0.25, 0.3) is 16.7 Å². The predicted molar refractivity (Wildman–Crippen MR) is 131 cm³/mol. The summed E-state index contributed by atoms with van der Waals surface area (Å²) in [5, 5.41) is 8.49. The molecule has 3 amide bonds. The predicted octanol–water partition coefficient (Wildman–Crippen LogP) is 4.79. The Hall–Kier alpha value is -4.13. The van der Waals surface area contributed by atoms with Gasteiger partial charge in [0.2, 0.25) is 0 Å². The second kappa shape index (κ2) is 9.56. The van der Waals surface area contributed by atoms with Crippen LogP contribution in [-0.4, -0.2) is 27.5 Å². The summed E-state index contributed by atoms with van der Waals surface area (Å²) in [6.45, 7) is 6.24. The molecule has 1 heterocycles. The lowest BCUT2D eigenvalue weighted by Gasteiger charge is -2.11. The van der Waals surface area contributed by atoms with Gasteiger partial charge in [0.25, 0.3) is 5.91 Å². The molecule has 3 aromatic carbocycles. The Morgan fingerprint density at radius 3 is 2.52 bits per heavy atom. The van der Waals surface area contributed by atoms with Crippen LogP contribution in [0, 0.1) is 6.92 Å². The van der Waals surface area contributed by atoms with Gasteiger partial charge in [0.15, 0.2) is 0 Å². The first-order valence-electron chi connectivity index (χ1n) is 10.9. The van der Waals surface area contributed by atoms with Crippen LogP contribution in [-0.2, 0) is 6.54 Å². The van der Waals surface area contributed by atoms with E-state index in [4.69, 9.17) is 0 Å². The average Bonchev–Trinajstić information content (AvgIpc) is 3.21. The van der Waals surface area contributed by atoms with Crippen molar-refractivity contribution in [3.63, 3.8) is 0 Å². The summed E-state index contributed by atoms with van der Waals surface area (Å²) < 4.78 is 2.01. The number of urea groups is 1. The third-order valence-corrected chi connectivity index (χ3v) is 5.17. The van der Waals surface area contributed by atoms with Crippen LogP contribution in [0.2, 0.25) is 0 Å². The van der Waals surface area contributed by atoms with E-state index < -0.39 is 0 Å². The summed E-state index contributed by atoms with van der Waals surface area (Å²) in [4.78, 5) is 29.0. The Labute approximate surface area is 192 Å². The fourth-order valence-electron chi connectivity index (χ4n) is 3.56. The zero-order valence-corrected chi connectivity index (χ0v) is 18.9. The number of aryl methyl sites for hydroxylation is 1. The number of fused-ring (bicyclic) bond motifs is 1. The van der Waals surface area contributed by atoms with Crippen LogP contribution in [0.15, 0.2) is 73.1 Å². The summed E-state index contributed by atoms with van der Waals surface area (Å²) in [7, 11) is 0. The van der Waals surface area contributed by atoms with E-state index in [1.54, 1.807) is 12.4 Å². The van der Waals surface area contributed by atoms with Crippen molar-refractivity contribution in [2.24, 2.45) is 0 Å². The molecule has 0 aliphatic carbocycles. The van der Waals surface area contributed by atoms with Crippen molar-refractivity contribution < 1.29 is 9.59 Å². The van der Waals surface area contributed by atoms with E-state index in [-0.39, 0.29) is 18.0 Å². The number of benzene rings is 3. The molecule has 7 nitrogen and oxygen atoms in total. The van der Waals surface area contributed by atoms with Gasteiger partial charge in [-0.1, -0.05) is 24.3 Å². The number of aromatic nitrogens is 2. The van der Waals surface area contributed by atoms with E-state index in [1.807, 2.05) is 66.9 Å². The van der Waals surface area contributed by atoms with Gasteiger partial charge in [-0.2, -0.15) is 0 Å². The first kappa shape index (κ1) is 22.1. The number of carbonyl (C=O) groups is 2. The van der Waals surface area contributed by atoms with Crippen LogP contribution in [0.1, 0.15) is 35.3 Å². The molecule has 4 aromatic rings. The molecule has 4 rings (SSSR count). The maximum Gasteiger partial charge on any atom is 0.319 e. The quantitative estimate of drug-likeness (QED) is 0.402. The van der Waals surface area contributed by atoms with Crippen LogP contribution in [0.4, 0.5) is 10.5 Å². The normalized spacial score (nSPS) is 10.9. The highest BCUT2D eigenvalue weighted by molar-refractivity contribution is 5.97. The van der Waals surface area contributed by atoms with E-state index in [1.165, 1.54) is 5.56 Å². The van der Waals surface area contributed by atoms with Gasteiger partial charge in [-0.15, -0.1) is 0 Å². The van der Waals surface area contributed by atoms with Gasteiger partial charge in [0, 0.05) is 29.5 Å². The van der Waals surface area contributed by atoms with Crippen LogP contribution in [0.3, 0.4) is 0 Å². The summed E-state index contributed by atoms with van der Waals surface area (Å²) >= 11 is 0. The molecule has 0 unspecified atom stereocenters. The van der Waals surface area contributed by atoms with Crippen molar-refractivity contribution in [2.45, 2.75) is 33.4 Å². The number of carbonyl (C=O) groups excluding carboxylic acids is 2. The summed E-state index contributed by atoms with van der Waals surface area (Å²) in [5.41, 5.74) is 6.10. The minimum atomic E-state index is -0.244. The van der Waals surface area contributed by atoms with Crippen molar-refractivity contribution in [1.82, 2.24) is 20.2 Å². The number of nitrogens with zero attached hydrogens (tertiary/aromatic N) is 2. The lowest BCUT2D eigenvalue weighted by Crippen LogP contribution is -2.34. The van der Waals surface area contributed by atoms with E-state index in [0.29, 0.717) is 17.8 Å². The molecule has 1 aromatic heterocycles. The van der Waals surface area contributed by atoms with Gasteiger partial charge in [-0.05, 0) is 74.4 Å². The summed E-state index contributed by atoms with van der Waals surface area (Å²) in [5.74, 6) is -0.166. The second-order valence-electron chi connectivity index (χ2n) is 8.29. The third kappa shape index (κ3) is 5.38. The zero-order chi connectivity index (χ0) is 23.4. The molecule has 0 saturated heterocycles. The van der Waals surface area contributed by atoms with Gasteiger partial charge < -0.3 is 16.0 Å². The molecule has 7 heteroatoms. The van der Waals surface area contributed by atoms with E-state index in [9.17, 15) is 9.59 Å². The van der Waals surface area contributed by atoms with Gasteiger partial charge in [0.1, 0.15) is 6.33 Å². The first-order chi connectivity index (χ1) is 15.9. The Kier molecular flexibility index (Phi) is 6.40. The number of rotatable bonds is 6. The zero-order valence-electron chi connectivity index (χ0n) is 18.9. The second-order valence-corrected chi connectivity index (χ2v) is 8.29. The molecular formula is C26H27N5O2. The lowest BCUT2D eigenvalue weighted by molar-refractivity contribution is 0.0951. The van der Waals surface area contributed by atoms with Gasteiger partial charge >= 0.3 is 6.03 Å². The molecule has 0 atom stereocenters. The molecule has 33 heavy (non-hydrogen) atoms. The standard InChI is InChI=1S/C26H27N5O2/c1-17(2)29-26(33)30-21-10-7-19(8-11-21)15-27-25(32)20-9-12-24-23(14-20)28-16-31(24)22-6-4-5-18(3)13-22/h4-14,16-17H,15H2,1-3H3,(H,27,32)(H2,29,30,33). The lowest BCUT2D eigenvalue weighted by atomic mass is 10.1. The molecule has 168 valence electrons. The Morgan fingerprint density at radius 1 is 1.00 bits per heavy atom. The molecule has 0 saturated carbocycles. The Balaban J connectivity index is 1.39. The minimum Gasteiger partial charge on any atom is -0.348 e. The van der Waals surface area contributed by atoms with E-state index in [0.717, 1.165) is 22.3 Å². The van der Waals surface area contributed by atoms with Crippen LogP contribution >= 0.6 is 0 Å². The van der Waals surface area contributed by atoms with Crippen LogP contribution in [0.5, 0.6) is 0 Å². The number of hydrogen-bond acceptors (Lipinski definition) is 3. The summed E-state index contributed by atoms with van der Waals surface area (Å²) in [6, 6.07) is 20.9. The third-order valence-electron chi connectivity index (χ3n) is 5.17. The monoisotopic (exact) mass is 441 g/mol. The highest BCUT2D eigenvalue weighted by Crippen LogP contribution is 2.20. The molecule has 0 radical (unpaired) electrons. The topological polar surface area (TPSA) is 88.1 Å². The molecule has 0 aliphatic heterocycles. The fourth-order valence-corrected chi connectivity index (χ4v) is 3.56. The van der Waals surface area contributed by atoms with Crippen molar-refractivity contribution in [3.8, 4) is 5.69 Å². The Morgan fingerprint density at radius 2 is 1.79 bits per heavy atom. The number of hydrogen-bond donors (Lipinski definition) is 3. The highest BCUT2D eigenvalue weighted by Gasteiger charge is 2.11. The van der Waals surface area contributed by atoms with Gasteiger partial charge in [-0.25, -0.2) is 9.78 Å². The fraction of sp³-hybridized carbons (Fsp3) is 0.192. The maximum atomic E-state index is 12.7. The van der Waals surface area contributed by atoms with E-state index >= 15 is 0 Å². The van der Waals surface area contributed by atoms with Crippen molar-refractivity contribution >= 4 is 28.7 Å². The van der Waals surface area contributed by atoms with Crippen molar-refractivity contribution in [2.75, 3.05) is 5.32 Å². The maximum absolute atomic E-state index is 12.7. The SMILES string of the molecule is Cc1cccc(-n2cnc3cc(C(=O)NCc4ccc(NC(=O)NC(C)C)cc4)ccc32)c1. The van der Waals surface area contributed by atoms with Gasteiger partial charge in [0.05, 0.1) is 11.0 Å². The van der Waals surface area contributed by atoms with E-state index in [2.05, 4.69) is 40.0 Å². The Bertz CT molecular complexity index is 1290. The largest absolute Gasteiger partial charge is 0.348 e. The summed E-state index contributed by atoms with van der Waals surface area (Å²) in [6.07, 6.45) is 1.78.